The summed E-state index contributed by atoms with van der Waals surface area (Å²) in [7, 11) is 0. The van der Waals surface area contributed by atoms with E-state index in [0.717, 1.165) is 37.1 Å². The van der Waals surface area contributed by atoms with Crippen LogP contribution in [0.25, 0.3) is 0 Å². The van der Waals surface area contributed by atoms with E-state index in [1.165, 1.54) is 0 Å². The van der Waals surface area contributed by atoms with Gasteiger partial charge in [0.25, 0.3) is 0 Å². The van der Waals surface area contributed by atoms with Gasteiger partial charge in [0.2, 0.25) is 11.9 Å². The highest BCUT2D eigenvalue weighted by molar-refractivity contribution is 6.20. The van der Waals surface area contributed by atoms with E-state index in [2.05, 4.69) is 28.3 Å². The highest BCUT2D eigenvalue weighted by atomic mass is 16.2. The maximum absolute atomic E-state index is 12.3. The Morgan fingerprint density at radius 1 is 1.41 bits per heavy atom. The Labute approximate surface area is 171 Å². The second kappa shape index (κ2) is 8.74. The number of nitrogens with one attached hydrogen (secondary N) is 3. The smallest absolute Gasteiger partial charge is 0.229 e. The number of carbonyl (C=O) groups is 1. The van der Waals surface area contributed by atoms with Gasteiger partial charge in [-0.15, -0.1) is 0 Å². The summed E-state index contributed by atoms with van der Waals surface area (Å²) in [5.74, 6) is 0.0962. The van der Waals surface area contributed by atoms with E-state index in [4.69, 9.17) is 5.41 Å². The van der Waals surface area contributed by atoms with Gasteiger partial charge in [0.05, 0.1) is 17.1 Å². The summed E-state index contributed by atoms with van der Waals surface area (Å²) in [6, 6.07) is 10.0. The number of para-hydroxylation sites is 2. The largest absolute Gasteiger partial charge is 0.339 e. The Balaban J connectivity index is 1.92. The van der Waals surface area contributed by atoms with Gasteiger partial charge in [-0.25, -0.2) is 4.99 Å². The average molecular weight is 390 g/mol. The van der Waals surface area contributed by atoms with Gasteiger partial charge in [-0.05, 0) is 44.4 Å². The number of hydrogen-bond acceptors (Lipinski definition) is 5. The van der Waals surface area contributed by atoms with Gasteiger partial charge in [-0.1, -0.05) is 31.6 Å². The molecule has 0 aromatic heterocycles. The first kappa shape index (κ1) is 20.3. The minimum Gasteiger partial charge on any atom is -0.339 e. The van der Waals surface area contributed by atoms with Crippen LogP contribution in [0.15, 0.2) is 52.8 Å². The molecule has 1 fully saturated rings. The number of aliphatic imine (C=N–C) groups is 1. The second-order valence-corrected chi connectivity index (χ2v) is 7.28. The standard InChI is InChI=1S/C22H26N6O/c1-4-28-18-12-8-7-11-17(18)25-20(28)16(13-23)19(14(2)3)26-22(24)27-21(29)15-9-5-6-10-15/h7-8,11-12,15,25H,2,4-6,9-10H2,1,3H3,(H2,24,27,29)/b20-16+,26-19+. The molecule has 0 saturated heterocycles. The number of nitriles is 1. The lowest BCUT2D eigenvalue weighted by Gasteiger charge is -2.20. The van der Waals surface area contributed by atoms with Crippen LogP contribution in [-0.2, 0) is 4.79 Å². The molecule has 2 aliphatic rings. The van der Waals surface area contributed by atoms with Crippen LogP contribution in [0.2, 0.25) is 0 Å². The van der Waals surface area contributed by atoms with Crippen molar-refractivity contribution in [2.24, 2.45) is 10.9 Å². The van der Waals surface area contributed by atoms with Gasteiger partial charge in [0.1, 0.15) is 17.5 Å². The molecule has 0 spiro atoms. The van der Waals surface area contributed by atoms with Crippen LogP contribution >= 0.6 is 0 Å². The summed E-state index contributed by atoms with van der Waals surface area (Å²) in [4.78, 5) is 18.6. The maximum Gasteiger partial charge on any atom is 0.229 e. The van der Waals surface area contributed by atoms with Crippen LogP contribution in [0.4, 0.5) is 11.4 Å². The maximum atomic E-state index is 12.3. The van der Waals surface area contributed by atoms with E-state index < -0.39 is 0 Å². The number of rotatable bonds is 4. The van der Waals surface area contributed by atoms with Crippen molar-refractivity contribution < 1.29 is 4.79 Å². The zero-order chi connectivity index (χ0) is 21.0. The molecule has 7 nitrogen and oxygen atoms in total. The van der Waals surface area contributed by atoms with Crippen LogP contribution in [0.1, 0.15) is 39.5 Å². The summed E-state index contributed by atoms with van der Waals surface area (Å²) >= 11 is 0. The molecule has 150 valence electrons. The third-order valence-corrected chi connectivity index (χ3v) is 5.21. The predicted octanol–water partition coefficient (Wildman–Crippen LogP) is 3.93. The molecule has 1 heterocycles. The number of benzene rings is 1. The molecule has 0 radical (unpaired) electrons. The van der Waals surface area contributed by atoms with Crippen molar-refractivity contribution in [3.05, 3.63) is 47.8 Å². The van der Waals surface area contributed by atoms with Crippen molar-refractivity contribution in [2.75, 3.05) is 16.8 Å². The Hall–Kier alpha value is -3.40. The van der Waals surface area contributed by atoms with Crippen LogP contribution in [0.3, 0.4) is 0 Å². The summed E-state index contributed by atoms with van der Waals surface area (Å²) in [6.07, 6.45) is 3.76. The average Bonchev–Trinajstić information content (AvgIpc) is 3.35. The van der Waals surface area contributed by atoms with Crippen molar-refractivity contribution in [2.45, 2.75) is 39.5 Å². The van der Waals surface area contributed by atoms with Gasteiger partial charge in [0.15, 0.2) is 0 Å². The van der Waals surface area contributed by atoms with Gasteiger partial charge in [-0.3, -0.25) is 15.5 Å². The molecular weight excluding hydrogens is 364 g/mol. The van der Waals surface area contributed by atoms with Gasteiger partial charge in [0, 0.05) is 12.5 Å². The highest BCUT2D eigenvalue weighted by Crippen LogP contribution is 2.37. The summed E-state index contributed by atoms with van der Waals surface area (Å²) < 4.78 is 0. The monoisotopic (exact) mass is 390 g/mol. The topological polar surface area (TPSA) is 104 Å². The zero-order valence-electron chi connectivity index (χ0n) is 16.9. The molecule has 1 amide bonds. The van der Waals surface area contributed by atoms with Crippen LogP contribution in [-0.4, -0.2) is 24.1 Å². The molecular formula is C22H26N6O. The number of nitrogens with zero attached hydrogens (tertiary/aromatic N) is 3. The summed E-state index contributed by atoms with van der Waals surface area (Å²) in [6.45, 7) is 8.33. The number of anilines is 2. The Morgan fingerprint density at radius 2 is 2.10 bits per heavy atom. The predicted molar refractivity (Wildman–Crippen MR) is 116 cm³/mol. The molecule has 1 aliphatic carbocycles. The molecule has 7 heteroatoms. The minimum atomic E-state index is -0.271. The Bertz CT molecular complexity index is 946. The number of fused-ring (bicyclic) bond motifs is 1. The Kier molecular flexibility index (Phi) is 6.13. The van der Waals surface area contributed by atoms with E-state index in [1.54, 1.807) is 6.92 Å². The molecule has 3 rings (SSSR count). The lowest BCUT2D eigenvalue weighted by molar-refractivity contribution is -0.123. The van der Waals surface area contributed by atoms with E-state index >= 15 is 0 Å². The van der Waals surface area contributed by atoms with Crippen LogP contribution in [0, 0.1) is 22.7 Å². The van der Waals surface area contributed by atoms with Crippen molar-refractivity contribution >= 4 is 29.0 Å². The van der Waals surface area contributed by atoms with Crippen molar-refractivity contribution in [1.82, 2.24) is 5.32 Å². The molecule has 1 aliphatic heterocycles. The quantitative estimate of drug-likeness (QED) is 0.411. The number of allylic oxidation sites excluding steroid dienone is 2. The molecule has 1 saturated carbocycles. The first-order valence-electron chi connectivity index (χ1n) is 9.88. The fraction of sp³-hybridized carbons (Fsp3) is 0.364. The summed E-state index contributed by atoms with van der Waals surface area (Å²) in [5.41, 5.74) is 3.00. The number of carbonyl (C=O) groups excluding carboxylic acids is 1. The van der Waals surface area contributed by atoms with E-state index in [1.807, 2.05) is 36.1 Å². The molecule has 0 atom stereocenters. The first-order chi connectivity index (χ1) is 14.0. The second-order valence-electron chi connectivity index (χ2n) is 7.28. The minimum absolute atomic E-state index is 0.0609. The summed E-state index contributed by atoms with van der Waals surface area (Å²) in [5, 5.41) is 23.9. The SMILES string of the molecule is C=C(C)C(=N\C(=N)NC(=O)C1CCCC1)/C(C#N)=C1\Nc2ccccc2N1CC. The van der Waals surface area contributed by atoms with Crippen molar-refractivity contribution in [3.63, 3.8) is 0 Å². The van der Waals surface area contributed by atoms with Crippen LogP contribution in [0.5, 0.6) is 0 Å². The van der Waals surface area contributed by atoms with Gasteiger partial charge < -0.3 is 10.2 Å². The van der Waals surface area contributed by atoms with Gasteiger partial charge in [-0.2, -0.15) is 5.26 Å². The van der Waals surface area contributed by atoms with Crippen molar-refractivity contribution in [3.8, 4) is 6.07 Å². The molecule has 1 aromatic rings. The number of hydrogen-bond donors (Lipinski definition) is 3. The third kappa shape index (κ3) is 4.21. The van der Waals surface area contributed by atoms with Gasteiger partial charge >= 0.3 is 0 Å². The number of amides is 1. The Morgan fingerprint density at radius 3 is 2.72 bits per heavy atom. The fourth-order valence-electron chi connectivity index (χ4n) is 3.79. The molecule has 1 aromatic carbocycles. The van der Waals surface area contributed by atoms with Crippen LogP contribution < -0.4 is 15.5 Å². The highest BCUT2D eigenvalue weighted by Gasteiger charge is 2.28. The molecule has 0 unspecified atom stereocenters. The fourth-order valence-corrected chi connectivity index (χ4v) is 3.79. The first-order valence-corrected chi connectivity index (χ1v) is 9.88. The van der Waals surface area contributed by atoms with Crippen molar-refractivity contribution in [1.29, 1.82) is 10.7 Å². The molecule has 3 N–H and O–H groups in total. The molecule has 0 bridgehead atoms. The number of guanidine groups is 1. The zero-order valence-corrected chi connectivity index (χ0v) is 16.9. The lowest BCUT2D eigenvalue weighted by atomic mass is 10.1. The normalized spacial score (nSPS) is 18.0. The third-order valence-electron chi connectivity index (χ3n) is 5.21. The van der Waals surface area contributed by atoms with E-state index in [9.17, 15) is 10.1 Å². The molecule has 29 heavy (non-hydrogen) atoms. The van der Waals surface area contributed by atoms with E-state index in [0.29, 0.717) is 17.9 Å². The lowest BCUT2D eigenvalue weighted by Crippen LogP contribution is -2.34. The van der Waals surface area contributed by atoms with E-state index in [-0.39, 0.29) is 29.1 Å².